The first-order chi connectivity index (χ1) is 12.8. The van der Waals surface area contributed by atoms with Gasteiger partial charge in [-0.05, 0) is 49.4 Å². The van der Waals surface area contributed by atoms with Crippen molar-refractivity contribution in [1.82, 2.24) is 4.90 Å². The number of aryl methyl sites for hydroxylation is 3. The van der Waals surface area contributed by atoms with Gasteiger partial charge in [-0.3, -0.25) is 14.5 Å². The molecule has 4 heteroatoms. The lowest BCUT2D eigenvalue weighted by molar-refractivity contribution is -0.137. The molecule has 0 aromatic heterocycles. The highest BCUT2D eigenvalue weighted by atomic mass is 16.2. The molecule has 0 spiro atoms. The summed E-state index contributed by atoms with van der Waals surface area (Å²) in [6.07, 6.45) is 0. The predicted molar refractivity (Wildman–Crippen MR) is 109 cm³/mol. The Balaban J connectivity index is 2.10. The molecule has 27 heavy (non-hydrogen) atoms. The first kappa shape index (κ1) is 18.9. The van der Waals surface area contributed by atoms with Crippen LogP contribution in [-0.4, -0.2) is 23.3 Å². The predicted octanol–water partition coefficient (Wildman–Crippen LogP) is 4.46. The molecule has 1 heterocycles. The van der Waals surface area contributed by atoms with E-state index in [4.69, 9.17) is 0 Å². The van der Waals surface area contributed by atoms with Crippen molar-refractivity contribution in [3.8, 4) is 0 Å². The highest BCUT2D eigenvalue weighted by Crippen LogP contribution is 2.32. The molecule has 1 N–H and O–H groups in total. The summed E-state index contributed by atoms with van der Waals surface area (Å²) in [6, 6.07) is 13.8. The third-order valence-corrected chi connectivity index (χ3v) is 4.71. The second-order valence-electron chi connectivity index (χ2n) is 7.67. The summed E-state index contributed by atoms with van der Waals surface area (Å²) >= 11 is 0. The van der Waals surface area contributed by atoms with E-state index in [0.717, 1.165) is 27.9 Å². The smallest absolute Gasteiger partial charge is 0.278 e. The molecule has 0 unspecified atom stereocenters. The normalized spacial score (nSPS) is 14.5. The van der Waals surface area contributed by atoms with Crippen molar-refractivity contribution in [3.05, 3.63) is 70.4 Å². The Bertz CT molecular complexity index is 924. The van der Waals surface area contributed by atoms with Crippen molar-refractivity contribution in [2.45, 2.75) is 34.6 Å². The molecule has 0 atom stereocenters. The third kappa shape index (κ3) is 3.80. The number of imide groups is 1. The van der Waals surface area contributed by atoms with E-state index in [9.17, 15) is 9.59 Å². The molecule has 0 fully saturated rings. The number of rotatable bonds is 5. The van der Waals surface area contributed by atoms with Gasteiger partial charge >= 0.3 is 0 Å². The number of hydrogen-bond donors (Lipinski definition) is 1. The number of anilines is 1. The average molecular weight is 362 g/mol. The van der Waals surface area contributed by atoms with Gasteiger partial charge in [-0.15, -0.1) is 0 Å². The van der Waals surface area contributed by atoms with Crippen LogP contribution in [0.15, 0.2) is 48.2 Å². The average Bonchev–Trinajstić information content (AvgIpc) is 2.83. The van der Waals surface area contributed by atoms with Gasteiger partial charge in [0.25, 0.3) is 11.8 Å². The zero-order chi connectivity index (χ0) is 19.7. The minimum Gasteiger partial charge on any atom is -0.350 e. The Hall–Kier alpha value is -2.88. The van der Waals surface area contributed by atoms with Crippen LogP contribution in [0.5, 0.6) is 0 Å². The molecule has 0 bridgehead atoms. The first-order valence-corrected chi connectivity index (χ1v) is 9.29. The molecular weight excluding hydrogens is 336 g/mol. The Morgan fingerprint density at radius 1 is 0.889 bits per heavy atom. The van der Waals surface area contributed by atoms with Crippen molar-refractivity contribution in [2.75, 3.05) is 11.9 Å². The molecule has 0 radical (unpaired) electrons. The summed E-state index contributed by atoms with van der Waals surface area (Å²) in [5, 5.41) is 3.26. The summed E-state index contributed by atoms with van der Waals surface area (Å²) < 4.78 is 0. The lowest BCUT2D eigenvalue weighted by Gasteiger charge is -2.17. The molecule has 1 aliphatic heterocycles. The quantitative estimate of drug-likeness (QED) is 0.799. The van der Waals surface area contributed by atoms with Crippen molar-refractivity contribution in [2.24, 2.45) is 5.92 Å². The van der Waals surface area contributed by atoms with E-state index in [0.29, 0.717) is 17.8 Å². The van der Waals surface area contributed by atoms with Crippen LogP contribution in [0.25, 0.3) is 5.57 Å². The molecule has 0 aliphatic carbocycles. The number of hydrogen-bond acceptors (Lipinski definition) is 3. The zero-order valence-electron chi connectivity index (χ0n) is 16.6. The van der Waals surface area contributed by atoms with Crippen LogP contribution >= 0.6 is 0 Å². The summed E-state index contributed by atoms with van der Waals surface area (Å²) in [5.41, 5.74) is 5.65. The second kappa shape index (κ2) is 7.39. The van der Waals surface area contributed by atoms with Gasteiger partial charge in [-0.25, -0.2) is 0 Å². The lowest BCUT2D eigenvalue weighted by Crippen LogP contribution is -2.35. The molecule has 0 saturated heterocycles. The van der Waals surface area contributed by atoms with Gasteiger partial charge in [0.05, 0.1) is 5.57 Å². The Labute approximate surface area is 160 Å². The van der Waals surface area contributed by atoms with Crippen LogP contribution < -0.4 is 5.32 Å². The van der Waals surface area contributed by atoms with Gasteiger partial charge in [0.2, 0.25) is 0 Å². The van der Waals surface area contributed by atoms with Crippen molar-refractivity contribution < 1.29 is 9.59 Å². The largest absolute Gasteiger partial charge is 0.350 e. The first-order valence-electron chi connectivity index (χ1n) is 9.29. The van der Waals surface area contributed by atoms with E-state index in [2.05, 4.69) is 5.32 Å². The van der Waals surface area contributed by atoms with Crippen LogP contribution in [0.4, 0.5) is 5.69 Å². The molecule has 2 aromatic carbocycles. The standard InChI is InChI=1S/C23H26N2O2/c1-14(2)13-25-22(26)20(18-10-7-15(3)8-11-18)21(23(25)27)24-19-12-16(4)6-9-17(19)5/h6-12,14,24H,13H2,1-5H3. The molecule has 1 aliphatic rings. The maximum absolute atomic E-state index is 13.1. The van der Waals surface area contributed by atoms with E-state index in [1.54, 1.807) is 0 Å². The SMILES string of the molecule is Cc1ccc(C2=C(Nc3cc(C)ccc3C)C(=O)N(CC(C)C)C2=O)cc1. The molecular formula is C23H26N2O2. The van der Waals surface area contributed by atoms with Crippen molar-refractivity contribution >= 4 is 23.1 Å². The Morgan fingerprint density at radius 3 is 2.15 bits per heavy atom. The molecule has 2 aromatic rings. The van der Waals surface area contributed by atoms with Crippen LogP contribution in [-0.2, 0) is 9.59 Å². The van der Waals surface area contributed by atoms with Crippen LogP contribution in [0.3, 0.4) is 0 Å². The monoisotopic (exact) mass is 362 g/mol. The van der Waals surface area contributed by atoms with Gasteiger partial charge in [0.1, 0.15) is 5.70 Å². The molecule has 3 rings (SSSR count). The number of carbonyl (C=O) groups excluding carboxylic acids is 2. The minimum absolute atomic E-state index is 0.206. The van der Waals surface area contributed by atoms with E-state index < -0.39 is 0 Å². The highest BCUT2D eigenvalue weighted by molar-refractivity contribution is 6.36. The van der Waals surface area contributed by atoms with Crippen molar-refractivity contribution in [3.63, 3.8) is 0 Å². The number of nitrogens with zero attached hydrogens (tertiary/aromatic N) is 1. The zero-order valence-corrected chi connectivity index (χ0v) is 16.6. The lowest BCUT2D eigenvalue weighted by atomic mass is 10.0. The van der Waals surface area contributed by atoms with Crippen LogP contribution in [0, 0.1) is 26.7 Å². The summed E-state index contributed by atoms with van der Waals surface area (Å²) in [7, 11) is 0. The van der Waals surface area contributed by atoms with Gasteiger partial charge < -0.3 is 5.32 Å². The third-order valence-electron chi connectivity index (χ3n) is 4.71. The van der Waals surface area contributed by atoms with Gasteiger partial charge in [0.15, 0.2) is 0 Å². The van der Waals surface area contributed by atoms with E-state index >= 15 is 0 Å². The number of benzene rings is 2. The molecule has 2 amide bonds. The number of nitrogens with one attached hydrogen (secondary N) is 1. The summed E-state index contributed by atoms with van der Waals surface area (Å²) in [5.74, 6) is -0.284. The summed E-state index contributed by atoms with van der Waals surface area (Å²) in [4.78, 5) is 27.5. The fourth-order valence-electron chi connectivity index (χ4n) is 3.22. The Kier molecular flexibility index (Phi) is 5.17. The van der Waals surface area contributed by atoms with E-state index in [1.165, 1.54) is 4.90 Å². The van der Waals surface area contributed by atoms with Gasteiger partial charge in [0, 0.05) is 12.2 Å². The molecule has 140 valence electrons. The molecule has 4 nitrogen and oxygen atoms in total. The molecule has 0 saturated carbocycles. The van der Waals surface area contributed by atoms with E-state index in [-0.39, 0.29) is 17.7 Å². The fraction of sp³-hybridized carbons (Fsp3) is 0.304. The number of amides is 2. The Morgan fingerprint density at radius 2 is 1.52 bits per heavy atom. The van der Waals surface area contributed by atoms with Gasteiger partial charge in [-0.2, -0.15) is 0 Å². The van der Waals surface area contributed by atoms with Crippen LogP contribution in [0.1, 0.15) is 36.1 Å². The minimum atomic E-state index is -0.259. The fourth-order valence-corrected chi connectivity index (χ4v) is 3.22. The van der Waals surface area contributed by atoms with Crippen LogP contribution in [0.2, 0.25) is 0 Å². The maximum atomic E-state index is 13.1. The maximum Gasteiger partial charge on any atom is 0.278 e. The van der Waals surface area contributed by atoms with Gasteiger partial charge in [-0.1, -0.05) is 55.8 Å². The topological polar surface area (TPSA) is 49.4 Å². The highest BCUT2D eigenvalue weighted by Gasteiger charge is 2.39. The summed E-state index contributed by atoms with van der Waals surface area (Å²) in [6.45, 7) is 10.4. The van der Waals surface area contributed by atoms with Crippen molar-refractivity contribution in [1.29, 1.82) is 0 Å². The number of carbonyl (C=O) groups is 2. The van der Waals surface area contributed by atoms with E-state index in [1.807, 2.05) is 77.1 Å². The second-order valence-corrected chi connectivity index (χ2v) is 7.67.